The number of aromatic nitrogens is 2. The molecular formula is C19H19N5. The van der Waals surface area contributed by atoms with Gasteiger partial charge in [-0.25, -0.2) is 4.98 Å². The monoisotopic (exact) mass is 317 g/mol. The maximum Gasteiger partial charge on any atom is 0.139 e. The second kappa shape index (κ2) is 5.89. The second-order valence-corrected chi connectivity index (χ2v) is 6.20. The molecule has 3 aromatic rings. The number of piperidine rings is 1. The van der Waals surface area contributed by atoms with Crippen LogP contribution in [-0.4, -0.2) is 22.5 Å². The predicted molar refractivity (Wildman–Crippen MR) is 95.8 cm³/mol. The molecular weight excluding hydrogens is 298 g/mol. The number of nitrogen functional groups attached to an aromatic ring is 1. The normalized spacial score (nSPS) is 14.7. The van der Waals surface area contributed by atoms with E-state index >= 15 is 0 Å². The third-order valence-electron chi connectivity index (χ3n) is 4.65. The lowest BCUT2D eigenvalue weighted by Gasteiger charge is -2.28. The lowest BCUT2D eigenvalue weighted by atomic mass is 10.1. The number of anilines is 2. The van der Waals surface area contributed by atoms with Crippen molar-refractivity contribution in [1.82, 2.24) is 9.38 Å². The van der Waals surface area contributed by atoms with Crippen LogP contribution < -0.4 is 10.6 Å². The molecule has 24 heavy (non-hydrogen) atoms. The number of nitrogens with zero attached hydrogens (tertiary/aromatic N) is 4. The largest absolute Gasteiger partial charge is 0.383 e. The SMILES string of the molecule is N#Cc1ccc(-c2nc3ccc(N4CCCCC4)cn3c2N)cc1. The summed E-state index contributed by atoms with van der Waals surface area (Å²) >= 11 is 0. The smallest absolute Gasteiger partial charge is 0.139 e. The van der Waals surface area contributed by atoms with Crippen LogP contribution >= 0.6 is 0 Å². The molecule has 2 N–H and O–H groups in total. The van der Waals surface area contributed by atoms with Gasteiger partial charge in [0, 0.05) is 24.8 Å². The molecule has 0 amide bonds. The van der Waals surface area contributed by atoms with Crippen LogP contribution in [0.4, 0.5) is 11.5 Å². The molecule has 5 nitrogen and oxygen atoms in total. The van der Waals surface area contributed by atoms with Gasteiger partial charge in [-0.2, -0.15) is 5.26 Å². The average Bonchev–Trinajstić information content (AvgIpc) is 2.99. The van der Waals surface area contributed by atoms with Gasteiger partial charge in [-0.3, -0.25) is 4.40 Å². The summed E-state index contributed by atoms with van der Waals surface area (Å²) in [6.45, 7) is 2.20. The number of benzene rings is 1. The van der Waals surface area contributed by atoms with Gasteiger partial charge in [-0.15, -0.1) is 0 Å². The van der Waals surface area contributed by atoms with E-state index in [0.717, 1.165) is 30.0 Å². The van der Waals surface area contributed by atoms with E-state index in [1.807, 2.05) is 22.6 Å². The lowest BCUT2D eigenvalue weighted by Crippen LogP contribution is -2.29. The molecule has 1 aliphatic rings. The Morgan fingerprint density at radius 1 is 1.00 bits per heavy atom. The third kappa shape index (κ3) is 2.46. The summed E-state index contributed by atoms with van der Waals surface area (Å²) in [6.07, 6.45) is 5.88. The van der Waals surface area contributed by atoms with Gasteiger partial charge in [0.1, 0.15) is 17.2 Å². The van der Waals surface area contributed by atoms with Crippen LogP contribution in [0.15, 0.2) is 42.6 Å². The Hall–Kier alpha value is -3.00. The average molecular weight is 317 g/mol. The van der Waals surface area contributed by atoms with Crippen molar-refractivity contribution in [3.63, 3.8) is 0 Å². The number of nitriles is 1. The van der Waals surface area contributed by atoms with Gasteiger partial charge < -0.3 is 10.6 Å². The standard InChI is InChI=1S/C19H19N5/c20-12-14-4-6-15(7-5-14)18-19(21)24-13-16(8-9-17(24)22-18)23-10-2-1-3-11-23/h4-9,13H,1-3,10-11,21H2. The Kier molecular flexibility index (Phi) is 3.58. The Morgan fingerprint density at radius 3 is 2.46 bits per heavy atom. The maximum absolute atomic E-state index is 8.92. The van der Waals surface area contributed by atoms with Crippen LogP contribution in [0.2, 0.25) is 0 Å². The first-order valence-corrected chi connectivity index (χ1v) is 8.29. The van der Waals surface area contributed by atoms with E-state index in [-0.39, 0.29) is 0 Å². The molecule has 1 aromatic carbocycles. The first kappa shape index (κ1) is 14.6. The Bertz CT molecular complexity index is 911. The molecule has 3 heterocycles. The van der Waals surface area contributed by atoms with Gasteiger partial charge >= 0.3 is 0 Å². The molecule has 0 unspecified atom stereocenters. The number of hydrogen-bond donors (Lipinski definition) is 1. The molecule has 0 aliphatic carbocycles. The topological polar surface area (TPSA) is 70.3 Å². The number of fused-ring (bicyclic) bond motifs is 1. The second-order valence-electron chi connectivity index (χ2n) is 6.20. The predicted octanol–water partition coefficient (Wildman–Crippen LogP) is 3.45. The Balaban J connectivity index is 1.75. The van der Waals surface area contributed by atoms with E-state index in [1.54, 1.807) is 12.1 Å². The lowest BCUT2D eigenvalue weighted by molar-refractivity contribution is 0.577. The van der Waals surface area contributed by atoms with Crippen molar-refractivity contribution in [3.8, 4) is 17.3 Å². The summed E-state index contributed by atoms with van der Waals surface area (Å²) in [5.41, 5.74) is 10.7. The van der Waals surface area contributed by atoms with Gasteiger partial charge in [0.05, 0.1) is 17.3 Å². The Morgan fingerprint density at radius 2 is 1.75 bits per heavy atom. The highest BCUT2D eigenvalue weighted by molar-refractivity contribution is 5.76. The van der Waals surface area contributed by atoms with E-state index < -0.39 is 0 Å². The summed E-state index contributed by atoms with van der Waals surface area (Å²) in [7, 11) is 0. The first-order chi connectivity index (χ1) is 11.8. The van der Waals surface area contributed by atoms with E-state index in [9.17, 15) is 0 Å². The van der Waals surface area contributed by atoms with Crippen LogP contribution in [0.1, 0.15) is 24.8 Å². The fourth-order valence-corrected chi connectivity index (χ4v) is 3.31. The van der Waals surface area contributed by atoms with Crippen molar-refractivity contribution in [2.45, 2.75) is 19.3 Å². The molecule has 1 saturated heterocycles. The minimum atomic E-state index is 0.633. The van der Waals surface area contributed by atoms with E-state index in [4.69, 9.17) is 11.0 Å². The fraction of sp³-hybridized carbons (Fsp3) is 0.263. The van der Waals surface area contributed by atoms with Gasteiger partial charge in [0.2, 0.25) is 0 Å². The van der Waals surface area contributed by atoms with E-state index in [0.29, 0.717) is 11.4 Å². The molecule has 1 fully saturated rings. The highest BCUT2D eigenvalue weighted by Crippen LogP contribution is 2.29. The van der Waals surface area contributed by atoms with Crippen molar-refractivity contribution >= 4 is 17.2 Å². The van der Waals surface area contributed by atoms with Crippen LogP contribution in [0.25, 0.3) is 16.9 Å². The quantitative estimate of drug-likeness (QED) is 0.786. The third-order valence-corrected chi connectivity index (χ3v) is 4.65. The summed E-state index contributed by atoms with van der Waals surface area (Å²) < 4.78 is 1.96. The molecule has 0 spiro atoms. The summed E-state index contributed by atoms with van der Waals surface area (Å²) in [6, 6.07) is 13.6. The number of hydrogen-bond acceptors (Lipinski definition) is 4. The van der Waals surface area contributed by atoms with Crippen LogP contribution in [0.5, 0.6) is 0 Å². The van der Waals surface area contributed by atoms with Gasteiger partial charge in [0.15, 0.2) is 0 Å². The van der Waals surface area contributed by atoms with Crippen molar-refractivity contribution < 1.29 is 0 Å². The van der Waals surface area contributed by atoms with Gasteiger partial charge in [0.25, 0.3) is 0 Å². The minimum absolute atomic E-state index is 0.633. The molecule has 2 aromatic heterocycles. The van der Waals surface area contributed by atoms with Gasteiger partial charge in [-0.1, -0.05) is 12.1 Å². The minimum Gasteiger partial charge on any atom is -0.383 e. The number of nitrogens with two attached hydrogens (primary N) is 1. The van der Waals surface area contributed by atoms with E-state index in [2.05, 4.69) is 28.2 Å². The maximum atomic E-state index is 8.92. The molecule has 4 rings (SSSR count). The highest BCUT2D eigenvalue weighted by atomic mass is 15.2. The number of rotatable bonds is 2. The molecule has 120 valence electrons. The summed E-state index contributed by atoms with van der Waals surface area (Å²) in [5.74, 6) is 0.633. The molecule has 1 aliphatic heterocycles. The van der Waals surface area contributed by atoms with Crippen LogP contribution in [0, 0.1) is 11.3 Å². The van der Waals surface area contributed by atoms with Gasteiger partial charge in [-0.05, 0) is 43.5 Å². The number of pyridine rings is 1. The fourth-order valence-electron chi connectivity index (χ4n) is 3.31. The van der Waals surface area contributed by atoms with E-state index in [1.165, 1.54) is 24.9 Å². The zero-order valence-corrected chi connectivity index (χ0v) is 13.4. The van der Waals surface area contributed by atoms with Crippen LogP contribution in [-0.2, 0) is 0 Å². The zero-order valence-electron chi connectivity index (χ0n) is 13.4. The van der Waals surface area contributed by atoms with Crippen molar-refractivity contribution in [2.75, 3.05) is 23.7 Å². The Labute approximate surface area is 141 Å². The zero-order chi connectivity index (χ0) is 16.5. The summed E-state index contributed by atoms with van der Waals surface area (Å²) in [4.78, 5) is 7.07. The highest BCUT2D eigenvalue weighted by Gasteiger charge is 2.15. The number of imidazole rings is 1. The van der Waals surface area contributed by atoms with Crippen molar-refractivity contribution in [1.29, 1.82) is 5.26 Å². The first-order valence-electron chi connectivity index (χ1n) is 8.29. The summed E-state index contributed by atoms with van der Waals surface area (Å²) in [5, 5.41) is 8.92. The van der Waals surface area contributed by atoms with Crippen molar-refractivity contribution in [2.24, 2.45) is 0 Å². The molecule has 5 heteroatoms. The molecule has 0 atom stereocenters. The van der Waals surface area contributed by atoms with Crippen LogP contribution in [0.3, 0.4) is 0 Å². The molecule has 0 radical (unpaired) electrons. The molecule has 0 bridgehead atoms. The van der Waals surface area contributed by atoms with Crippen molar-refractivity contribution in [3.05, 3.63) is 48.2 Å². The molecule has 0 saturated carbocycles.